The van der Waals surface area contributed by atoms with Crippen LogP contribution in [0.4, 0.5) is 4.39 Å². The molecule has 0 aromatic rings. The molecule has 0 spiro atoms. The molecule has 27 heavy (non-hydrogen) atoms. The smallest absolute Gasteiger partial charge is 0.178 e. The Morgan fingerprint density at radius 3 is 2.93 bits per heavy atom. The van der Waals surface area contributed by atoms with Gasteiger partial charge in [0.15, 0.2) is 5.78 Å². The third kappa shape index (κ3) is 2.49. The molecular formula is C21H22FN3O2. The van der Waals surface area contributed by atoms with E-state index in [2.05, 4.69) is 22.9 Å². The Balaban J connectivity index is 1.85. The van der Waals surface area contributed by atoms with Gasteiger partial charge in [0.05, 0.1) is 6.04 Å². The van der Waals surface area contributed by atoms with Gasteiger partial charge in [-0.2, -0.15) is 0 Å². The molecule has 4 rings (SSSR count). The molecule has 0 amide bonds. The summed E-state index contributed by atoms with van der Waals surface area (Å²) >= 11 is 0. The number of ketones is 2. The van der Waals surface area contributed by atoms with Crippen LogP contribution in [-0.4, -0.2) is 17.6 Å². The molecule has 140 valence electrons. The van der Waals surface area contributed by atoms with Gasteiger partial charge in [0.2, 0.25) is 0 Å². The Hall–Kier alpha value is -2.38. The first-order valence-corrected chi connectivity index (χ1v) is 9.57. The van der Waals surface area contributed by atoms with Crippen molar-refractivity contribution in [2.24, 2.45) is 33.7 Å². The maximum absolute atomic E-state index is 12.8. The van der Waals surface area contributed by atoms with Gasteiger partial charge in [0.1, 0.15) is 12.0 Å². The van der Waals surface area contributed by atoms with Crippen LogP contribution in [0.15, 0.2) is 28.9 Å². The molecule has 0 radical (unpaired) electrons. The van der Waals surface area contributed by atoms with Gasteiger partial charge < -0.3 is 0 Å². The quantitative estimate of drug-likeness (QED) is 0.312. The van der Waals surface area contributed by atoms with Crippen molar-refractivity contribution < 1.29 is 14.0 Å². The van der Waals surface area contributed by atoms with Crippen molar-refractivity contribution in [3.63, 3.8) is 0 Å². The molecule has 0 aliphatic heterocycles. The molecule has 4 aliphatic rings. The molecule has 0 aromatic heterocycles. The normalized spacial score (nSPS) is 42.1. The van der Waals surface area contributed by atoms with E-state index in [0.717, 1.165) is 24.8 Å². The standard InChI is InChI=1S/C21H22FN3O2/c1-20-8-6-16-14(15(20)3-4-19(20)27)12-18(24-25-23)17-11-13(26)5-9-21(16,17)7-2-10-22/h5,9,11,14-16,18H,3-4,6-8,12H2,1H3/t14-,15-,16-,18+,20-,21+/m0/s1. The van der Waals surface area contributed by atoms with E-state index >= 15 is 0 Å². The lowest BCUT2D eigenvalue weighted by molar-refractivity contribution is -0.131. The average Bonchev–Trinajstić information content (AvgIpc) is 2.96. The summed E-state index contributed by atoms with van der Waals surface area (Å²) in [5.41, 5.74) is 8.95. The number of Topliss-reactive ketones (excluding diaryl/α,β-unsaturated/α-hetero) is 1. The predicted molar refractivity (Wildman–Crippen MR) is 97.8 cm³/mol. The molecule has 3 saturated carbocycles. The van der Waals surface area contributed by atoms with Gasteiger partial charge in [0.25, 0.3) is 0 Å². The third-order valence-electron chi connectivity index (χ3n) is 7.68. The first-order valence-electron chi connectivity index (χ1n) is 9.57. The fraction of sp³-hybridized carbons (Fsp3) is 0.619. The number of allylic oxidation sites excluding steroid dienone is 3. The summed E-state index contributed by atoms with van der Waals surface area (Å²) in [5, 5.41) is 4.00. The highest BCUT2D eigenvalue weighted by Gasteiger charge is 2.61. The number of fused-ring (bicyclic) bond motifs is 5. The van der Waals surface area contributed by atoms with Crippen molar-refractivity contribution in [1.29, 1.82) is 0 Å². The zero-order chi connectivity index (χ0) is 19.2. The van der Waals surface area contributed by atoms with Crippen LogP contribution in [0.2, 0.25) is 0 Å². The van der Waals surface area contributed by atoms with E-state index in [1.165, 1.54) is 12.3 Å². The zero-order valence-corrected chi connectivity index (χ0v) is 15.3. The van der Waals surface area contributed by atoms with E-state index in [9.17, 15) is 14.0 Å². The van der Waals surface area contributed by atoms with E-state index in [1.807, 2.05) is 6.08 Å². The second-order valence-corrected chi connectivity index (χ2v) is 8.58. The van der Waals surface area contributed by atoms with Crippen LogP contribution in [-0.2, 0) is 9.59 Å². The molecule has 6 atom stereocenters. The number of carbonyl (C=O) groups excluding carboxylic acids is 2. The Kier molecular flexibility index (Phi) is 4.24. The van der Waals surface area contributed by atoms with Crippen molar-refractivity contribution in [3.8, 4) is 12.1 Å². The van der Waals surface area contributed by atoms with E-state index in [-0.39, 0.29) is 35.4 Å². The summed E-state index contributed by atoms with van der Waals surface area (Å²) in [6.07, 6.45) is 10.5. The second-order valence-electron chi connectivity index (χ2n) is 8.58. The molecule has 0 bridgehead atoms. The highest BCUT2D eigenvalue weighted by atomic mass is 19.1. The van der Waals surface area contributed by atoms with Crippen molar-refractivity contribution in [1.82, 2.24) is 0 Å². The highest BCUT2D eigenvalue weighted by Crippen LogP contribution is 2.64. The van der Waals surface area contributed by atoms with Crippen LogP contribution in [0.3, 0.4) is 0 Å². The predicted octanol–water partition coefficient (Wildman–Crippen LogP) is 4.45. The molecule has 6 heteroatoms. The van der Waals surface area contributed by atoms with Crippen LogP contribution in [0, 0.1) is 40.7 Å². The van der Waals surface area contributed by atoms with Gasteiger partial charge in [-0.3, -0.25) is 9.59 Å². The molecule has 4 aliphatic carbocycles. The van der Waals surface area contributed by atoms with Crippen molar-refractivity contribution >= 4 is 11.6 Å². The van der Waals surface area contributed by atoms with Gasteiger partial charge in [-0.15, -0.1) is 4.39 Å². The fourth-order valence-electron chi connectivity index (χ4n) is 6.46. The van der Waals surface area contributed by atoms with Crippen molar-refractivity contribution in [2.75, 3.05) is 0 Å². The van der Waals surface area contributed by atoms with Gasteiger partial charge in [-0.25, -0.2) is 0 Å². The molecule has 0 heterocycles. The summed E-state index contributed by atoms with van der Waals surface area (Å²) in [6.45, 7) is 2.07. The average molecular weight is 367 g/mol. The van der Waals surface area contributed by atoms with Gasteiger partial charge >= 0.3 is 0 Å². The summed E-state index contributed by atoms with van der Waals surface area (Å²) in [6, 6.07) is -0.454. The largest absolute Gasteiger partial charge is 0.299 e. The topological polar surface area (TPSA) is 82.9 Å². The van der Waals surface area contributed by atoms with Crippen LogP contribution >= 0.6 is 0 Å². The highest BCUT2D eigenvalue weighted by molar-refractivity contribution is 6.01. The minimum Gasteiger partial charge on any atom is -0.299 e. The van der Waals surface area contributed by atoms with Gasteiger partial charge in [0, 0.05) is 28.6 Å². The summed E-state index contributed by atoms with van der Waals surface area (Å²) < 4.78 is 12.8. The summed E-state index contributed by atoms with van der Waals surface area (Å²) in [7, 11) is 0. The molecular weight excluding hydrogens is 345 g/mol. The first-order chi connectivity index (χ1) is 13.0. The summed E-state index contributed by atoms with van der Waals surface area (Å²) in [4.78, 5) is 27.6. The van der Waals surface area contributed by atoms with Crippen LogP contribution in [0.25, 0.3) is 10.4 Å². The second kappa shape index (κ2) is 6.35. The van der Waals surface area contributed by atoms with E-state index in [0.29, 0.717) is 18.6 Å². The molecule has 5 nitrogen and oxygen atoms in total. The number of hydrogen-bond donors (Lipinski definition) is 0. The van der Waals surface area contributed by atoms with Crippen LogP contribution in [0.1, 0.15) is 45.4 Å². The zero-order valence-electron chi connectivity index (χ0n) is 15.3. The number of nitrogens with zero attached hydrogens (tertiary/aromatic N) is 3. The Morgan fingerprint density at radius 2 is 2.19 bits per heavy atom. The number of carbonyl (C=O) groups is 2. The lowest BCUT2D eigenvalue weighted by atomic mass is 9.46. The number of hydrogen-bond acceptors (Lipinski definition) is 3. The van der Waals surface area contributed by atoms with Gasteiger partial charge in [-0.05, 0) is 66.7 Å². The summed E-state index contributed by atoms with van der Waals surface area (Å²) in [5.74, 6) is 3.38. The lowest BCUT2D eigenvalue weighted by Gasteiger charge is -2.57. The van der Waals surface area contributed by atoms with Crippen molar-refractivity contribution in [3.05, 3.63) is 34.2 Å². The van der Waals surface area contributed by atoms with Crippen LogP contribution < -0.4 is 0 Å². The van der Waals surface area contributed by atoms with E-state index in [1.54, 1.807) is 6.08 Å². The maximum atomic E-state index is 12.8. The minimum absolute atomic E-state index is 0.137. The Labute approximate surface area is 157 Å². The number of halogens is 1. The minimum atomic E-state index is -0.595. The Morgan fingerprint density at radius 1 is 1.37 bits per heavy atom. The maximum Gasteiger partial charge on any atom is 0.178 e. The SMILES string of the molecule is C[C@]12CC[C@H]3[C@@H](C[C@@H](N=[N+]=[N-])C4=CC(=O)C=C[C@@]43CC#CF)[C@@H]1CCC2=O. The third-order valence-corrected chi connectivity index (χ3v) is 7.68. The lowest BCUT2D eigenvalue weighted by Crippen LogP contribution is -2.53. The van der Waals surface area contributed by atoms with Crippen molar-refractivity contribution in [2.45, 2.75) is 51.5 Å². The Bertz CT molecular complexity index is 876. The molecule has 0 aromatic carbocycles. The molecule has 0 unspecified atom stereocenters. The van der Waals surface area contributed by atoms with Gasteiger partial charge in [-0.1, -0.05) is 24.0 Å². The number of azide groups is 1. The molecule has 3 fully saturated rings. The van der Waals surface area contributed by atoms with Crippen LogP contribution in [0.5, 0.6) is 0 Å². The molecule has 0 N–H and O–H groups in total. The fourth-order valence-corrected chi connectivity index (χ4v) is 6.46. The first kappa shape index (κ1) is 18.0. The van der Waals surface area contributed by atoms with E-state index in [4.69, 9.17) is 5.53 Å². The van der Waals surface area contributed by atoms with E-state index < -0.39 is 11.5 Å². The molecule has 0 saturated heterocycles. The monoisotopic (exact) mass is 367 g/mol. The number of rotatable bonds is 2.